The van der Waals surface area contributed by atoms with Gasteiger partial charge in [-0.2, -0.15) is 0 Å². The zero-order valence-electron chi connectivity index (χ0n) is 10.6. The normalized spacial score (nSPS) is 20.9. The molecule has 18 heavy (non-hydrogen) atoms. The number of carbonyl (C=O) groups is 1. The minimum atomic E-state index is 0.464. The van der Waals surface area contributed by atoms with E-state index in [0.29, 0.717) is 11.5 Å². The molecule has 0 aromatic heterocycles. The predicted molar refractivity (Wildman–Crippen MR) is 70.8 cm³/mol. The molecule has 1 N–H and O–H groups in total. The number of hydrogen-bond donors (Lipinski definition) is 1. The summed E-state index contributed by atoms with van der Waals surface area (Å²) < 4.78 is 5.30. The van der Waals surface area contributed by atoms with Gasteiger partial charge in [0.1, 0.15) is 0 Å². The quantitative estimate of drug-likeness (QED) is 0.825. The summed E-state index contributed by atoms with van der Waals surface area (Å²) >= 11 is 0. The van der Waals surface area contributed by atoms with Crippen molar-refractivity contribution in [3.05, 3.63) is 24.3 Å². The Morgan fingerprint density at radius 3 is 2.72 bits per heavy atom. The van der Waals surface area contributed by atoms with Crippen molar-refractivity contribution >= 4 is 17.8 Å². The van der Waals surface area contributed by atoms with E-state index >= 15 is 0 Å². The van der Waals surface area contributed by atoms with Crippen LogP contribution in [0.25, 0.3) is 0 Å². The van der Waals surface area contributed by atoms with Gasteiger partial charge >= 0.3 is 0 Å². The number of hydrogen-bond acceptors (Lipinski definition) is 3. The molecule has 2 fully saturated rings. The second-order valence-electron chi connectivity index (χ2n) is 5.45. The maximum atomic E-state index is 10.6. The van der Waals surface area contributed by atoms with Crippen LogP contribution in [0.3, 0.4) is 0 Å². The van der Waals surface area contributed by atoms with Crippen LogP contribution in [0.5, 0.6) is 0 Å². The smallest absolute Gasteiger partial charge is 0.211 e. The molecule has 0 unspecified atom stereocenters. The first-order valence-electron chi connectivity index (χ1n) is 6.34. The molecule has 2 aliphatic rings. The lowest BCUT2D eigenvalue weighted by atomic mass is 9.63. The molecule has 1 saturated heterocycles. The molecular weight excluding hydrogens is 228 g/mol. The highest BCUT2D eigenvalue weighted by Gasteiger charge is 2.51. The molecule has 0 radical (unpaired) electrons. The molecule has 0 bridgehead atoms. The van der Waals surface area contributed by atoms with Crippen LogP contribution < -0.4 is 10.2 Å². The van der Waals surface area contributed by atoms with Gasteiger partial charge in [-0.1, -0.05) is 12.1 Å². The van der Waals surface area contributed by atoms with E-state index in [-0.39, 0.29) is 0 Å². The van der Waals surface area contributed by atoms with Crippen LogP contribution in [0.1, 0.15) is 12.8 Å². The first-order chi connectivity index (χ1) is 8.74. The van der Waals surface area contributed by atoms with Gasteiger partial charge in [0, 0.05) is 18.5 Å². The number of nitrogens with one attached hydrogen (secondary N) is 1. The Morgan fingerprint density at radius 1 is 1.39 bits per heavy atom. The number of para-hydroxylation sites is 2. The first kappa shape index (κ1) is 11.5. The van der Waals surface area contributed by atoms with Crippen molar-refractivity contribution in [1.29, 1.82) is 0 Å². The summed E-state index contributed by atoms with van der Waals surface area (Å²) in [5.74, 6) is 0. The minimum Gasteiger partial charge on any atom is -0.380 e. The molecule has 1 amide bonds. The lowest BCUT2D eigenvalue weighted by molar-refractivity contribution is -0.163. The molecule has 1 saturated carbocycles. The van der Waals surface area contributed by atoms with Crippen LogP contribution in [-0.2, 0) is 9.53 Å². The van der Waals surface area contributed by atoms with Gasteiger partial charge in [0.15, 0.2) is 0 Å². The summed E-state index contributed by atoms with van der Waals surface area (Å²) in [5.41, 5.74) is 2.43. The van der Waals surface area contributed by atoms with Crippen LogP contribution in [0.15, 0.2) is 24.3 Å². The lowest BCUT2D eigenvalue weighted by Gasteiger charge is -2.56. The van der Waals surface area contributed by atoms with E-state index in [2.05, 4.69) is 17.3 Å². The molecule has 3 rings (SSSR count). The number of ether oxygens (including phenoxy) is 1. The zero-order valence-corrected chi connectivity index (χ0v) is 10.6. The Kier molecular flexibility index (Phi) is 2.74. The van der Waals surface area contributed by atoms with Crippen molar-refractivity contribution in [1.82, 2.24) is 0 Å². The lowest BCUT2D eigenvalue weighted by Crippen LogP contribution is -2.59. The van der Waals surface area contributed by atoms with E-state index in [1.54, 1.807) is 0 Å². The maximum absolute atomic E-state index is 10.6. The van der Waals surface area contributed by atoms with Gasteiger partial charge in [0.25, 0.3) is 0 Å². The summed E-state index contributed by atoms with van der Waals surface area (Å²) in [4.78, 5) is 12.9. The summed E-state index contributed by atoms with van der Waals surface area (Å²) in [7, 11) is 2.10. The van der Waals surface area contributed by atoms with Crippen LogP contribution >= 0.6 is 0 Å². The maximum Gasteiger partial charge on any atom is 0.211 e. The number of nitrogens with zero attached hydrogens (tertiary/aromatic N) is 1. The monoisotopic (exact) mass is 246 g/mol. The van der Waals surface area contributed by atoms with E-state index in [0.717, 1.165) is 31.0 Å². The van der Waals surface area contributed by atoms with E-state index < -0.39 is 0 Å². The highest BCUT2D eigenvalue weighted by Crippen LogP contribution is 2.49. The number of rotatable bonds is 4. The fourth-order valence-corrected chi connectivity index (χ4v) is 3.00. The minimum absolute atomic E-state index is 0.464. The van der Waals surface area contributed by atoms with E-state index in [1.165, 1.54) is 12.8 Å². The van der Waals surface area contributed by atoms with E-state index in [4.69, 9.17) is 4.74 Å². The molecule has 1 aliphatic carbocycles. The third-order valence-corrected chi connectivity index (χ3v) is 4.20. The van der Waals surface area contributed by atoms with Crippen LogP contribution in [0.4, 0.5) is 11.4 Å². The van der Waals surface area contributed by atoms with Gasteiger partial charge in [-0.25, -0.2) is 0 Å². The third kappa shape index (κ3) is 1.77. The van der Waals surface area contributed by atoms with Gasteiger partial charge < -0.3 is 15.0 Å². The van der Waals surface area contributed by atoms with Crippen molar-refractivity contribution in [3.63, 3.8) is 0 Å². The molecule has 4 heteroatoms. The van der Waals surface area contributed by atoms with Crippen molar-refractivity contribution in [3.8, 4) is 0 Å². The molecule has 4 nitrogen and oxygen atoms in total. The van der Waals surface area contributed by atoms with E-state index in [1.807, 2.05) is 24.3 Å². The first-order valence-corrected chi connectivity index (χ1v) is 6.34. The Morgan fingerprint density at radius 2 is 2.11 bits per heavy atom. The third-order valence-electron chi connectivity index (χ3n) is 4.20. The standard InChI is InChI=1S/C14H18N2O2/c1-16(11-6-14(7-11)8-18-9-14)13-5-3-2-4-12(13)15-10-17/h2-5,10-11H,6-9H2,1H3,(H,15,17). The summed E-state index contributed by atoms with van der Waals surface area (Å²) in [5, 5.41) is 2.76. The molecule has 96 valence electrons. The summed E-state index contributed by atoms with van der Waals surface area (Å²) in [6, 6.07) is 8.48. The Hall–Kier alpha value is -1.55. The molecule has 1 aromatic rings. The predicted octanol–water partition coefficient (Wildman–Crippen LogP) is 1.87. The van der Waals surface area contributed by atoms with Gasteiger partial charge in [-0.3, -0.25) is 4.79 Å². The average Bonchev–Trinajstić information content (AvgIpc) is 2.26. The molecule has 1 aromatic carbocycles. The fourth-order valence-electron chi connectivity index (χ4n) is 3.00. The number of benzene rings is 1. The van der Waals surface area contributed by atoms with Gasteiger partial charge in [0.2, 0.25) is 6.41 Å². The van der Waals surface area contributed by atoms with Gasteiger partial charge in [-0.15, -0.1) is 0 Å². The van der Waals surface area contributed by atoms with Crippen LogP contribution in [-0.4, -0.2) is 32.7 Å². The van der Waals surface area contributed by atoms with Crippen molar-refractivity contribution in [2.24, 2.45) is 5.41 Å². The highest BCUT2D eigenvalue weighted by molar-refractivity contribution is 5.81. The van der Waals surface area contributed by atoms with Gasteiger partial charge in [-0.05, 0) is 25.0 Å². The van der Waals surface area contributed by atoms with Crippen LogP contribution in [0, 0.1) is 5.41 Å². The van der Waals surface area contributed by atoms with Gasteiger partial charge in [0.05, 0.1) is 24.6 Å². The Balaban J connectivity index is 1.72. The number of carbonyl (C=O) groups excluding carboxylic acids is 1. The van der Waals surface area contributed by atoms with Crippen molar-refractivity contribution < 1.29 is 9.53 Å². The SMILES string of the molecule is CN(c1ccccc1NC=O)C1CC2(COC2)C1. The molecular formula is C14H18N2O2. The molecule has 1 heterocycles. The molecule has 1 aliphatic heterocycles. The summed E-state index contributed by atoms with van der Waals surface area (Å²) in [6.07, 6.45) is 3.12. The zero-order chi connectivity index (χ0) is 12.6. The number of anilines is 2. The highest BCUT2D eigenvalue weighted by atomic mass is 16.5. The van der Waals surface area contributed by atoms with Crippen molar-refractivity contribution in [2.45, 2.75) is 18.9 Å². The topological polar surface area (TPSA) is 41.6 Å². The molecule has 0 atom stereocenters. The Bertz CT molecular complexity index is 449. The number of amides is 1. The average molecular weight is 246 g/mol. The summed E-state index contributed by atoms with van der Waals surface area (Å²) in [6.45, 7) is 1.84. The second kappa shape index (κ2) is 4.28. The van der Waals surface area contributed by atoms with E-state index in [9.17, 15) is 4.79 Å². The largest absolute Gasteiger partial charge is 0.380 e. The Labute approximate surface area is 107 Å². The van der Waals surface area contributed by atoms with Crippen molar-refractivity contribution in [2.75, 3.05) is 30.5 Å². The second-order valence-corrected chi connectivity index (χ2v) is 5.45. The van der Waals surface area contributed by atoms with Crippen LogP contribution in [0.2, 0.25) is 0 Å². The molecule has 1 spiro atoms. The fraction of sp³-hybridized carbons (Fsp3) is 0.500.